The van der Waals surface area contributed by atoms with Crippen LogP contribution in [-0.2, 0) is 21.4 Å². The molecule has 30 heavy (non-hydrogen) atoms. The first-order chi connectivity index (χ1) is 14.5. The highest BCUT2D eigenvalue weighted by atomic mass is 32.2. The van der Waals surface area contributed by atoms with E-state index in [2.05, 4.69) is 17.2 Å². The first-order valence-corrected chi connectivity index (χ1v) is 12.6. The second-order valence-corrected chi connectivity index (χ2v) is 10.3. The third-order valence-electron chi connectivity index (χ3n) is 6.21. The van der Waals surface area contributed by atoms with Crippen LogP contribution in [0.4, 0.5) is 0 Å². The van der Waals surface area contributed by atoms with E-state index in [9.17, 15) is 13.2 Å². The number of likely N-dealkylation sites (tertiary alicyclic amines) is 1. The highest BCUT2D eigenvalue weighted by Crippen LogP contribution is 2.27. The van der Waals surface area contributed by atoms with Crippen molar-refractivity contribution in [2.75, 3.05) is 26.2 Å². The zero-order valence-corrected chi connectivity index (χ0v) is 18.5. The molecule has 8 nitrogen and oxygen atoms in total. The molecule has 1 aromatic heterocycles. The van der Waals surface area contributed by atoms with Gasteiger partial charge in [0.15, 0.2) is 0 Å². The lowest BCUT2D eigenvalue weighted by molar-refractivity contribution is -0.136. The standard InChI is InChI=1S/C21H31N5O3S/c1-2-11-26-20-10-9-18(15-19(20)22-23-26)30(28,29)25-14-7-8-17(16-25)21(27)24-12-5-3-4-6-13-24/h9-10,15,17H,2-8,11-14,16H2,1H3/t17-/m0/s1. The van der Waals surface area contributed by atoms with Crippen LogP contribution in [0.1, 0.15) is 51.9 Å². The van der Waals surface area contributed by atoms with Crippen molar-refractivity contribution >= 4 is 27.0 Å². The van der Waals surface area contributed by atoms with Crippen LogP contribution in [-0.4, -0.2) is 64.7 Å². The molecule has 2 aromatic rings. The summed E-state index contributed by atoms with van der Waals surface area (Å²) < 4.78 is 29.9. The maximum absolute atomic E-state index is 13.3. The van der Waals surface area contributed by atoms with Crippen LogP contribution in [0.25, 0.3) is 11.0 Å². The molecule has 164 valence electrons. The van der Waals surface area contributed by atoms with Crippen molar-refractivity contribution in [3.63, 3.8) is 0 Å². The van der Waals surface area contributed by atoms with E-state index in [4.69, 9.17) is 0 Å². The zero-order chi connectivity index (χ0) is 21.1. The topological polar surface area (TPSA) is 88.4 Å². The Bertz CT molecular complexity index is 995. The second kappa shape index (κ2) is 9.01. The average molecular weight is 434 g/mol. The lowest BCUT2D eigenvalue weighted by atomic mass is 9.98. The van der Waals surface area contributed by atoms with Gasteiger partial charge >= 0.3 is 0 Å². The van der Waals surface area contributed by atoms with Crippen LogP contribution >= 0.6 is 0 Å². The molecule has 0 aliphatic carbocycles. The van der Waals surface area contributed by atoms with E-state index < -0.39 is 10.0 Å². The Hall–Kier alpha value is -2.00. The minimum absolute atomic E-state index is 0.120. The van der Waals surface area contributed by atoms with Crippen LogP contribution in [0.5, 0.6) is 0 Å². The SMILES string of the molecule is CCCn1nnc2cc(S(=O)(=O)N3CCC[C@H](C(=O)N4CCCCCC4)C3)ccc21. The molecule has 0 N–H and O–H groups in total. The molecular formula is C21H31N5O3S. The van der Waals surface area contributed by atoms with Gasteiger partial charge in [-0.3, -0.25) is 4.79 Å². The van der Waals surface area contributed by atoms with Crippen LogP contribution in [0.2, 0.25) is 0 Å². The number of piperidine rings is 1. The van der Waals surface area contributed by atoms with Gasteiger partial charge in [0.05, 0.1) is 16.3 Å². The van der Waals surface area contributed by atoms with Crippen LogP contribution in [0, 0.1) is 5.92 Å². The van der Waals surface area contributed by atoms with Gasteiger partial charge < -0.3 is 4.90 Å². The first kappa shape index (κ1) is 21.2. The number of nitrogens with zero attached hydrogens (tertiary/aromatic N) is 5. The predicted octanol–water partition coefficient (Wildman–Crippen LogP) is 2.64. The van der Waals surface area contributed by atoms with E-state index in [-0.39, 0.29) is 23.3 Å². The van der Waals surface area contributed by atoms with Gasteiger partial charge in [0.1, 0.15) is 5.52 Å². The molecule has 2 fully saturated rings. The Morgan fingerprint density at radius 1 is 1.10 bits per heavy atom. The minimum Gasteiger partial charge on any atom is -0.342 e. The number of rotatable bonds is 5. The summed E-state index contributed by atoms with van der Waals surface area (Å²) in [5.74, 6) is -0.129. The molecule has 0 radical (unpaired) electrons. The van der Waals surface area contributed by atoms with E-state index in [0.717, 1.165) is 50.8 Å². The molecule has 1 amide bonds. The number of carbonyl (C=O) groups is 1. The maximum atomic E-state index is 13.3. The summed E-state index contributed by atoms with van der Waals surface area (Å²) >= 11 is 0. The van der Waals surface area contributed by atoms with E-state index in [0.29, 0.717) is 18.5 Å². The molecule has 9 heteroatoms. The summed E-state index contributed by atoms with van der Waals surface area (Å²) in [4.78, 5) is 15.2. The van der Waals surface area contributed by atoms with Gasteiger partial charge in [0.25, 0.3) is 0 Å². The molecule has 2 saturated heterocycles. The third kappa shape index (κ3) is 4.23. The molecule has 4 rings (SSSR count). The summed E-state index contributed by atoms with van der Waals surface area (Å²) in [6.07, 6.45) is 6.81. The summed E-state index contributed by atoms with van der Waals surface area (Å²) in [5.41, 5.74) is 1.42. The summed E-state index contributed by atoms with van der Waals surface area (Å²) in [6.45, 7) is 5.12. The zero-order valence-electron chi connectivity index (χ0n) is 17.7. The minimum atomic E-state index is -3.68. The Morgan fingerprint density at radius 2 is 1.87 bits per heavy atom. The summed E-state index contributed by atoms with van der Waals surface area (Å²) in [6, 6.07) is 5.01. The van der Waals surface area contributed by atoms with E-state index in [1.807, 2.05) is 4.90 Å². The molecule has 3 heterocycles. The van der Waals surface area contributed by atoms with Crippen molar-refractivity contribution < 1.29 is 13.2 Å². The number of aryl methyl sites for hydroxylation is 1. The van der Waals surface area contributed by atoms with Gasteiger partial charge in [-0.05, 0) is 50.3 Å². The Kier molecular flexibility index (Phi) is 6.38. The number of carbonyl (C=O) groups excluding carboxylic acids is 1. The Labute approximate surface area is 178 Å². The van der Waals surface area contributed by atoms with Crippen molar-refractivity contribution in [3.05, 3.63) is 18.2 Å². The molecule has 0 bridgehead atoms. The average Bonchev–Trinajstić information content (AvgIpc) is 2.97. The summed E-state index contributed by atoms with van der Waals surface area (Å²) in [7, 11) is -3.68. The normalized spacial score (nSPS) is 21.6. The quantitative estimate of drug-likeness (QED) is 0.723. The van der Waals surface area contributed by atoms with Gasteiger partial charge in [-0.1, -0.05) is 25.0 Å². The van der Waals surface area contributed by atoms with Crippen molar-refractivity contribution in [1.82, 2.24) is 24.2 Å². The highest BCUT2D eigenvalue weighted by molar-refractivity contribution is 7.89. The van der Waals surface area contributed by atoms with E-state index in [1.165, 1.54) is 17.1 Å². The number of hydrogen-bond acceptors (Lipinski definition) is 5. The van der Waals surface area contributed by atoms with Crippen molar-refractivity contribution in [2.24, 2.45) is 5.92 Å². The number of hydrogen-bond donors (Lipinski definition) is 0. The van der Waals surface area contributed by atoms with Crippen molar-refractivity contribution in [2.45, 2.75) is 63.3 Å². The molecule has 0 unspecified atom stereocenters. The van der Waals surface area contributed by atoms with E-state index >= 15 is 0 Å². The molecule has 2 aliphatic rings. The summed E-state index contributed by atoms with van der Waals surface area (Å²) in [5, 5.41) is 8.26. The van der Waals surface area contributed by atoms with Gasteiger partial charge in [-0.25, -0.2) is 13.1 Å². The number of fused-ring (bicyclic) bond motifs is 1. The van der Waals surface area contributed by atoms with Crippen molar-refractivity contribution in [3.8, 4) is 0 Å². The lowest BCUT2D eigenvalue weighted by Gasteiger charge is -2.34. The molecule has 1 aromatic carbocycles. The molecule has 0 saturated carbocycles. The fourth-order valence-electron chi connectivity index (χ4n) is 4.55. The number of sulfonamides is 1. The number of benzene rings is 1. The number of amides is 1. The smallest absolute Gasteiger partial charge is 0.243 e. The molecule has 1 atom stereocenters. The van der Waals surface area contributed by atoms with Gasteiger partial charge in [0, 0.05) is 32.7 Å². The number of aromatic nitrogens is 3. The van der Waals surface area contributed by atoms with Gasteiger partial charge in [-0.15, -0.1) is 5.10 Å². The van der Waals surface area contributed by atoms with Gasteiger partial charge in [-0.2, -0.15) is 4.31 Å². The first-order valence-electron chi connectivity index (χ1n) is 11.1. The van der Waals surface area contributed by atoms with E-state index in [1.54, 1.807) is 22.9 Å². The third-order valence-corrected chi connectivity index (χ3v) is 8.07. The molecular weight excluding hydrogens is 402 g/mol. The van der Waals surface area contributed by atoms with Crippen LogP contribution in [0.15, 0.2) is 23.1 Å². The fourth-order valence-corrected chi connectivity index (χ4v) is 6.09. The lowest BCUT2D eigenvalue weighted by Crippen LogP contribution is -2.46. The van der Waals surface area contributed by atoms with Crippen LogP contribution in [0.3, 0.4) is 0 Å². The predicted molar refractivity (Wildman–Crippen MR) is 114 cm³/mol. The maximum Gasteiger partial charge on any atom is 0.243 e. The largest absolute Gasteiger partial charge is 0.342 e. The second-order valence-electron chi connectivity index (χ2n) is 8.40. The monoisotopic (exact) mass is 433 g/mol. The Morgan fingerprint density at radius 3 is 2.60 bits per heavy atom. The Balaban J connectivity index is 1.52. The van der Waals surface area contributed by atoms with Gasteiger partial charge in [0.2, 0.25) is 15.9 Å². The fraction of sp³-hybridized carbons (Fsp3) is 0.667. The molecule has 0 spiro atoms. The van der Waals surface area contributed by atoms with Crippen LogP contribution < -0.4 is 0 Å². The molecule has 2 aliphatic heterocycles. The highest BCUT2D eigenvalue weighted by Gasteiger charge is 2.35. The van der Waals surface area contributed by atoms with Crippen molar-refractivity contribution in [1.29, 1.82) is 0 Å².